The van der Waals surface area contributed by atoms with Crippen molar-refractivity contribution in [3.8, 4) is 17.1 Å². The Kier molecular flexibility index (Phi) is 5.31. The highest BCUT2D eigenvalue weighted by Gasteiger charge is 2.26. The molecule has 1 saturated carbocycles. The second-order valence-electron chi connectivity index (χ2n) is 7.94. The Morgan fingerprint density at radius 3 is 2.67 bits per heavy atom. The number of benzene rings is 1. The van der Waals surface area contributed by atoms with Gasteiger partial charge < -0.3 is 10.8 Å². The second kappa shape index (κ2) is 8.44. The van der Waals surface area contributed by atoms with Gasteiger partial charge in [-0.25, -0.2) is 15.0 Å². The molecule has 0 spiro atoms. The molecular formula is C24H24N8O. The molecule has 1 aliphatic rings. The Morgan fingerprint density at radius 2 is 1.97 bits per heavy atom. The van der Waals surface area contributed by atoms with Crippen LogP contribution >= 0.6 is 0 Å². The van der Waals surface area contributed by atoms with Gasteiger partial charge in [-0.15, -0.1) is 0 Å². The molecule has 0 bridgehead atoms. The van der Waals surface area contributed by atoms with Gasteiger partial charge >= 0.3 is 0 Å². The highest BCUT2D eigenvalue weighted by molar-refractivity contribution is 5.82. The average Bonchev–Trinajstić information content (AvgIpc) is 3.45. The SMILES string of the molecule is C=C/C=N\C(N)=C(/C)c1nc2ccc(-c3cnn(C4CC4)n3)nc2n1-c1ccc(CO)cc1. The van der Waals surface area contributed by atoms with Crippen LogP contribution in [0.25, 0.3) is 33.8 Å². The van der Waals surface area contributed by atoms with Gasteiger partial charge in [0.15, 0.2) is 5.65 Å². The van der Waals surface area contributed by atoms with Crippen LogP contribution < -0.4 is 5.73 Å². The Labute approximate surface area is 190 Å². The lowest BCUT2D eigenvalue weighted by Gasteiger charge is -2.11. The van der Waals surface area contributed by atoms with Gasteiger partial charge in [-0.1, -0.05) is 24.8 Å². The maximum atomic E-state index is 9.44. The third kappa shape index (κ3) is 3.94. The molecule has 4 aromatic rings. The minimum Gasteiger partial charge on any atom is -0.392 e. The highest BCUT2D eigenvalue weighted by atomic mass is 16.3. The van der Waals surface area contributed by atoms with Crippen LogP contribution in [0.4, 0.5) is 0 Å². The van der Waals surface area contributed by atoms with Crippen LogP contribution in [-0.2, 0) is 6.61 Å². The number of rotatable bonds is 7. The van der Waals surface area contributed by atoms with Crippen LogP contribution in [0.2, 0.25) is 0 Å². The Morgan fingerprint density at radius 1 is 1.18 bits per heavy atom. The summed E-state index contributed by atoms with van der Waals surface area (Å²) >= 11 is 0. The van der Waals surface area contributed by atoms with E-state index in [0.29, 0.717) is 34.6 Å². The fraction of sp³-hybridized carbons (Fsp3) is 0.208. The first-order chi connectivity index (χ1) is 16.1. The maximum Gasteiger partial charge on any atom is 0.165 e. The van der Waals surface area contributed by atoms with Crippen molar-refractivity contribution in [3.63, 3.8) is 0 Å². The number of nitrogens with two attached hydrogens (primary N) is 1. The topological polar surface area (TPSA) is 120 Å². The number of hydrogen-bond donors (Lipinski definition) is 2. The molecular weight excluding hydrogens is 416 g/mol. The lowest BCUT2D eigenvalue weighted by Crippen LogP contribution is -2.05. The standard InChI is InChI=1S/C24H24N8O/c1-3-12-26-22(25)15(2)23-29-20-11-10-19(21-13-27-32(30-21)18-8-9-18)28-24(20)31(23)17-6-4-16(14-33)5-7-17/h3-7,10-13,18,33H,1,8-9,14,25H2,2H3/b22-15+,26-12-. The monoisotopic (exact) mass is 440 g/mol. The van der Waals surface area contributed by atoms with Crippen molar-refractivity contribution >= 4 is 23.0 Å². The van der Waals surface area contributed by atoms with Gasteiger partial charge in [0.1, 0.15) is 22.9 Å². The van der Waals surface area contributed by atoms with E-state index in [2.05, 4.69) is 21.8 Å². The summed E-state index contributed by atoms with van der Waals surface area (Å²) in [5.74, 6) is 0.970. The van der Waals surface area contributed by atoms with Gasteiger partial charge in [0, 0.05) is 17.5 Å². The van der Waals surface area contributed by atoms with E-state index in [9.17, 15) is 5.11 Å². The van der Waals surface area contributed by atoms with Crippen molar-refractivity contribution in [3.05, 3.63) is 72.5 Å². The van der Waals surface area contributed by atoms with E-state index in [-0.39, 0.29) is 6.61 Å². The fourth-order valence-corrected chi connectivity index (χ4v) is 3.57. The van der Waals surface area contributed by atoms with Crippen molar-refractivity contribution in [2.75, 3.05) is 0 Å². The normalized spacial score (nSPS) is 14.7. The number of aliphatic imine (C=N–C) groups is 1. The molecule has 3 heterocycles. The lowest BCUT2D eigenvalue weighted by atomic mass is 10.2. The van der Waals surface area contributed by atoms with Crippen LogP contribution in [0.5, 0.6) is 0 Å². The molecule has 5 rings (SSSR count). The van der Waals surface area contributed by atoms with Crippen molar-refractivity contribution in [2.45, 2.75) is 32.4 Å². The fourth-order valence-electron chi connectivity index (χ4n) is 3.57. The van der Waals surface area contributed by atoms with Gasteiger partial charge in [0.25, 0.3) is 0 Å². The van der Waals surface area contributed by atoms with Gasteiger partial charge in [0.2, 0.25) is 0 Å². The molecule has 0 aliphatic heterocycles. The van der Waals surface area contributed by atoms with Crippen LogP contribution in [0.1, 0.15) is 37.2 Å². The van der Waals surface area contributed by atoms with Gasteiger partial charge in [-0.3, -0.25) is 4.57 Å². The number of aliphatic hydroxyl groups excluding tert-OH is 1. The number of aromatic nitrogens is 6. The summed E-state index contributed by atoms with van der Waals surface area (Å²) in [5.41, 5.74) is 11.4. The molecule has 0 atom stereocenters. The zero-order valence-electron chi connectivity index (χ0n) is 18.3. The zero-order chi connectivity index (χ0) is 22.9. The van der Waals surface area contributed by atoms with E-state index in [1.54, 1.807) is 23.3 Å². The Hall–Kier alpha value is -4.11. The zero-order valence-corrected chi connectivity index (χ0v) is 18.3. The van der Waals surface area contributed by atoms with Gasteiger partial charge in [0.05, 0.1) is 24.5 Å². The number of imidazole rings is 1. The number of allylic oxidation sites excluding steroid dienone is 2. The summed E-state index contributed by atoms with van der Waals surface area (Å²) in [4.78, 5) is 15.7. The second-order valence-corrected chi connectivity index (χ2v) is 7.94. The molecule has 0 radical (unpaired) electrons. The maximum absolute atomic E-state index is 9.44. The molecule has 3 N–H and O–H groups in total. The predicted octanol–water partition coefficient (Wildman–Crippen LogP) is 3.41. The first-order valence-corrected chi connectivity index (χ1v) is 10.7. The Balaban J connectivity index is 1.69. The predicted molar refractivity (Wildman–Crippen MR) is 128 cm³/mol. The molecule has 1 aliphatic carbocycles. The minimum absolute atomic E-state index is 0.0288. The first-order valence-electron chi connectivity index (χ1n) is 10.7. The molecule has 3 aromatic heterocycles. The summed E-state index contributed by atoms with van der Waals surface area (Å²) in [5, 5.41) is 18.4. The van der Waals surface area contributed by atoms with Crippen molar-refractivity contribution in [1.82, 2.24) is 29.5 Å². The third-order valence-corrected chi connectivity index (χ3v) is 5.56. The van der Waals surface area contributed by atoms with Gasteiger partial charge in [-0.05, 0) is 49.6 Å². The number of nitrogens with zero attached hydrogens (tertiary/aromatic N) is 7. The summed E-state index contributed by atoms with van der Waals surface area (Å²) in [7, 11) is 0. The molecule has 9 heteroatoms. The van der Waals surface area contributed by atoms with Crippen molar-refractivity contribution in [2.24, 2.45) is 10.7 Å². The molecule has 1 fully saturated rings. The first kappa shape index (κ1) is 20.8. The van der Waals surface area contributed by atoms with Crippen LogP contribution in [0.3, 0.4) is 0 Å². The van der Waals surface area contributed by atoms with E-state index in [0.717, 1.165) is 35.3 Å². The lowest BCUT2D eigenvalue weighted by molar-refractivity contribution is 0.282. The summed E-state index contributed by atoms with van der Waals surface area (Å²) < 4.78 is 1.94. The quantitative estimate of drug-likeness (QED) is 0.425. The van der Waals surface area contributed by atoms with Crippen LogP contribution in [0, 0.1) is 0 Å². The molecule has 0 amide bonds. The summed E-state index contributed by atoms with van der Waals surface area (Å²) in [6, 6.07) is 11.8. The van der Waals surface area contributed by atoms with E-state index in [1.807, 2.05) is 47.9 Å². The summed E-state index contributed by atoms with van der Waals surface area (Å²) in [6.07, 6.45) is 7.09. The molecule has 33 heavy (non-hydrogen) atoms. The molecule has 166 valence electrons. The Bertz CT molecular complexity index is 1390. The van der Waals surface area contributed by atoms with E-state index < -0.39 is 0 Å². The number of hydrogen-bond acceptors (Lipinski definition) is 7. The number of pyridine rings is 1. The van der Waals surface area contributed by atoms with E-state index in [4.69, 9.17) is 15.7 Å². The highest BCUT2D eigenvalue weighted by Crippen LogP contribution is 2.34. The molecule has 1 aromatic carbocycles. The van der Waals surface area contributed by atoms with E-state index in [1.165, 1.54) is 0 Å². The van der Waals surface area contributed by atoms with Crippen LogP contribution in [0.15, 0.2) is 66.1 Å². The number of aliphatic hydroxyl groups is 1. The minimum atomic E-state index is -0.0288. The molecule has 9 nitrogen and oxygen atoms in total. The van der Waals surface area contributed by atoms with E-state index >= 15 is 0 Å². The smallest absolute Gasteiger partial charge is 0.165 e. The van der Waals surface area contributed by atoms with Crippen molar-refractivity contribution in [1.29, 1.82) is 0 Å². The third-order valence-electron chi connectivity index (χ3n) is 5.56. The average molecular weight is 441 g/mol. The van der Waals surface area contributed by atoms with Crippen molar-refractivity contribution < 1.29 is 5.11 Å². The largest absolute Gasteiger partial charge is 0.392 e. The molecule has 0 unspecified atom stereocenters. The molecule has 0 saturated heterocycles. The summed E-state index contributed by atoms with van der Waals surface area (Å²) in [6.45, 7) is 5.49. The van der Waals surface area contributed by atoms with Crippen LogP contribution in [-0.4, -0.2) is 40.9 Å². The number of fused-ring (bicyclic) bond motifs is 1. The van der Waals surface area contributed by atoms with Gasteiger partial charge in [-0.2, -0.15) is 15.0 Å².